The van der Waals surface area contributed by atoms with E-state index in [9.17, 15) is 9.59 Å². The molecule has 0 spiro atoms. The van der Waals surface area contributed by atoms with Crippen molar-refractivity contribution in [3.63, 3.8) is 0 Å². The summed E-state index contributed by atoms with van der Waals surface area (Å²) in [5, 5.41) is 13.4. The molecule has 2 N–H and O–H groups in total. The van der Waals surface area contributed by atoms with E-state index < -0.39 is 0 Å². The first-order valence-electron chi connectivity index (χ1n) is 8.57. The number of rotatable bonds is 7. The van der Waals surface area contributed by atoms with E-state index in [0.717, 1.165) is 16.9 Å². The van der Waals surface area contributed by atoms with Crippen LogP contribution >= 0.6 is 11.8 Å². The Morgan fingerprint density at radius 1 is 1.15 bits per heavy atom. The van der Waals surface area contributed by atoms with Gasteiger partial charge in [-0.05, 0) is 38.1 Å². The standard InChI is InChI=1S/C19H21N5O2S/c1-13-6-8-15(9-7-13)21-18(25)12-27-14(2)19(26)20-11-17-23-22-16-5-3-4-10-24(16)17/h3-10,14H,11-12H2,1-2H3,(H,20,26)(H,21,25). The third kappa shape index (κ3) is 5.07. The lowest BCUT2D eigenvalue weighted by molar-refractivity contribution is -0.120. The van der Waals surface area contributed by atoms with Crippen LogP contribution in [0, 0.1) is 6.92 Å². The monoisotopic (exact) mass is 383 g/mol. The number of aromatic nitrogens is 3. The zero-order chi connectivity index (χ0) is 19.2. The smallest absolute Gasteiger partial charge is 0.234 e. The molecule has 1 atom stereocenters. The van der Waals surface area contributed by atoms with Crippen LogP contribution in [-0.4, -0.2) is 37.4 Å². The van der Waals surface area contributed by atoms with Gasteiger partial charge in [-0.25, -0.2) is 0 Å². The number of amides is 2. The van der Waals surface area contributed by atoms with Crippen molar-refractivity contribution in [3.05, 3.63) is 60.0 Å². The van der Waals surface area contributed by atoms with Crippen molar-refractivity contribution >= 4 is 34.9 Å². The Bertz CT molecular complexity index is 939. The molecule has 27 heavy (non-hydrogen) atoms. The number of anilines is 1. The molecule has 1 unspecified atom stereocenters. The molecule has 1 aromatic carbocycles. The first kappa shape index (κ1) is 18.9. The average Bonchev–Trinajstić information content (AvgIpc) is 3.09. The molecule has 3 aromatic rings. The van der Waals surface area contributed by atoms with Gasteiger partial charge in [0.1, 0.15) is 0 Å². The number of aryl methyl sites for hydroxylation is 1. The summed E-state index contributed by atoms with van der Waals surface area (Å²) in [5.41, 5.74) is 2.62. The van der Waals surface area contributed by atoms with E-state index in [4.69, 9.17) is 0 Å². The minimum atomic E-state index is -0.354. The fourth-order valence-corrected chi connectivity index (χ4v) is 3.14. The number of pyridine rings is 1. The Balaban J connectivity index is 1.44. The van der Waals surface area contributed by atoms with Gasteiger partial charge in [-0.15, -0.1) is 22.0 Å². The number of fused-ring (bicyclic) bond motifs is 1. The molecule has 0 bridgehead atoms. The summed E-state index contributed by atoms with van der Waals surface area (Å²) in [6, 6.07) is 13.2. The summed E-state index contributed by atoms with van der Waals surface area (Å²) in [6.45, 7) is 4.05. The van der Waals surface area contributed by atoms with E-state index in [1.807, 2.05) is 60.0 Å². The topological polar surface area (TPSA) is 88.4 Å². The molecule has 0 radical (unpaired) electrons. The highest BCUT2D eigenvalue weighted by molar-refractivity contribution is 8.01. The van der Waals surface area contributed by atoms with Gasteiger partial charge in [-0.3, -0.25) is 14.0 Å². The number of nitrogens with zero attached hydrogens (tertiary/aromatic N) is 3. The highest BCUT2D eigenvalue weighted by Gasteiger charge is 2.16. The van der Waals surface area contributed by atoms with Crippen LogP contribution in [0.2, 0.25) is 0 Å². The molecule has 0 aliphatic heterocycles. The molecular weight excluding hydrogens is 362 g/mol. The van der Waals surface area contributed by atoms with Crippen LogP contribution in [0.15, 0.2) is 48.7 Å². The Hall–Kier alpha value is -2.87. The predicted molar refractivity (Wildman–Crippen MR) is 107 cm³/mol. The highest BCUT2D eigenvalue weighted by Crippen LogP contribution is 2.13. The molecule has 0 aliphatic rings. The molecule has 140 valence electrons. The van der Waals surface area contributed by atoms with Crippen LogP contribution in [0.3, 0.4) is 0 Å². The molecule has 8 heteroatoms. The van der Waals surface area contributed by atoms with E-state index in [0.29, 0.717) is 5.82 Å². The second-order valence-electron chi connectivity index (χ2n) is 6.13. The predicted octanol–water partition coefficient (Wildman–Crippen LogP) is 2.41. The maximum Gasteiger partial charge on any atom is 0.234 e. The van der Waals surface area contributed by atoms with Gasteiger partial charge in [0.05, 0.1) is 17.5 Å². The van der Waals surface area contributed by atoms with E-state index in [1.54, 1.807) is 6.92 Å². The Labute approximate surface area is 161 Å². The van der Waals surface area contributed by atoms with Crippen molar-refractivity contribution in [1.82, 2.24) is 19.9 Å². The van der Waals surface area contributed by atoms with Gasteiger partial charge in [0.25, 0.3) is 0 Å². The van der Waals surface area contributed by atoms with E-state index in [2.05, 4.69) is 20.8 Å². The largest absolute Gasteiger partial charge is 0.348 e. The fourth-order valence-electron chi connectivity index (χ4n) is 2.43. The van der Waals surface area contributed by atoms with Crippen molar-refractivity contribution in [2.45, 2.75) is 25.6 Å². The highest BCUT2D eigenvalue weighted by atomic mass is 32.2. The second-order valence-corrected chi connectivity index (χ2v) is 7.46. The lowest BCUT2D eigenvalue weighted by atomic mass is 10.2. The molecule has 2 amide bonds. The number of hydrogen-bond acceptors (Lipinski definition) is 5. The minimum Gasteiger partial charge on any atom is -0.348 e. The zero-order valence-corrected chi connectivity index (χ0v) is 16.0. The summed E-state index contributed by atoms with van der Waals surface area (Å²) < 4.78 is 1.83. The molecule has 0 saturated carbocycles. The first-order valence-corrected chi connectivity index (χ1v) is 9.62. The first-order chi connectivity index (χ1) is 13.0. The van der Waals surface area contributed by atoms with Crippen molar-refractivity contribution in [2.75, 3.05) is 11.1 Å². The molecule has 0 aliphatic carbocycles. The third-order valence-electron chi connectivity index (χ3n) is 3.97. The van der Waals surface area contributed by atoms with Gasteiger partial charge >= 0.3 is 0 Å². The van der Waals surface area contributed by atoms with Gasteiger partial charge in [-0.2, -0.15) is 0 Å². The molecule has 2 heterocycles. The maximum absolute atomic E-state index is 12.3. The number of carbonyl (C=O) groups excluding carboxylic acids is 2. The fraction of sp³-hybridized carbons (Fsp3) is 0.263. The molecule has 2 aromatic heterocycles. The Morgan fingerprint density at radius 3 is 2.70 bits per heavy atom. The van der Waals surface area contributed by atoms with Crippen LogP contribution in [0.5, 0.6) is 0 Å². The van der Waals surface area contributed by atoms with E-state index >= 15 is 0 Å². The molecule has 0 fully saturated rings. The summed E-state index contributed by atoms with van der Waals surface area (Å²) in [4.78, 5) is 24.3. The van der Waals surface area contributed by atoms with Crippen LogP contribution in [-0.2, 0) is 16.1 Å². The Kier molecular flexibility index (Phi) is 6.08. The summed E-state index contributed by atoms with van der Waals surface area (Å²) in [5.74, 6) is 0.590. The van der Waals surface area contributed by atoms with Crippen molar-refractivity contribution in [2.24, 2.45) is 0 Å². The lowest BCUT2D eigenvalue weighted by Crippen LogP contribution is -2.32. The van der Waals surface area contributed by atoms with Crippen LogP contribution in [0.25, 0.3) is 5.65 Å². The van der Waals surface area contributed by atoms with Crippen molar-refractivity contribution in [3.8, 4) is 0 Å². The van der Waals surface area contributed by atoms with Crippen molar-refractivity contribution in [1.29, 1.82) is 0 Å². The maximum atomic E-state index is 12.3. The zero-order valence-electron chi connectivity index (χ0n) is 15.2. The molecule has 0 saturated heterocycles. The summed E-state index contributed by atoms with van der Waals surface area (Å²) in [7, 11) is 0. The van der Waals surface area contributed by atoms with Gasteiger partial charge < -0.3 is 10.6 Å². The minimum absolute atomic E-state index is 0.132. The van der Waals surface area contributed by atoms with E-state index in [1.165, 1.54) is 11.8 Å². The van der Waals surface area contributed by atoms with Crippen molar-refractivity contribution < 1.29 is 9.59 Å². The van der Waals surface area contributed by atoms with Crippen LogP contribution in [0.1, 0.15) is 18.3 Å². The van der Waals surface area contributed by atoms with Gasteiger partial charge in [0.2, 0.25) is 11.8 Å². The number of nitrogens with one attached hydrogen (secondary N) is 2. The summed E-state index contributed by atoms with van der Waals surface area (Å²) in [6.07, 6.45) is 1.85. The number of benzene rings is 1. The normalized spacial score (nSPS) is 11.9. The average molecular weight is 383 g/mol. The van der Waals surface area contributed by atoms with Crippen LogP contribution < -0.4 is 10.6 Å². The number of hydrogen-bond donors (Lipinski definition) is 2. The van der Waals surface area contributed by atoms with Gasteiger partial charge in [-0.1, -0.05) is 23.8 Å². The number of thioether (sulfide) groups is 1. The third-order valence-corrected chi connectivity index (χ3v) is 5.12. The number of carbonyl (C=O) groups is 2. The molecule has 7 nitrogen and oxygen atoms in total. The summed E-state index contributed by atoms with van der Waals surface area (Å²) >= 11 is 1.29. The second kappa shape index (κ2) is 8.68. The van der Waals surface area contributed by atoms with Crippen LogP contribution in [0.4, 0.5) is 5.69 Å². The molecule has 3 rings (SSSR count). The SMILES string of the molecule is Cc1ccc(NC(=O)CSC(C)C(=O)NCc2nnc3ccccn23)cc1. The van der Waals surface area contributed by atoms with E-state index in [-0.39, 0.29) is 29.4 Å². The Morgan fingerprint density at radius 2 is 1.93 bits per heavy atom. The molecular formula is C19H21N5O2S. The quantitative estimate of drug-likeness (QED) is 0.654. The van der Waals surface area contributed by atoms with Gasteiger partial charge in [0, 0.05) is 11.9 Å². The van der Waals surface area contributed by atoms with Gasteiger partial charge in [0.15, 0.2) is 11.5 Å². The lowest BCUT2D eigenvalue weighted by Gasteiger charge is -2.11.